The molecule has 0 aliphatic heterocycles. The third-order valence-corrected chi connectivity index (χ3v) is 3.74. The molecule has 0 saturated heterocycles. The predicted octanol–water partition coefficient (Wildman–Crippen LogP) is 2.44. The van der Waals surface area contributed by atoms with Gasteiger partial charge in [-0.15, -0.1) is 0 Å². The van der Waals surface area contributed by atoms with E-state index >= 15 is 0 Å². The van der Waals surface area contributed by atoms with Crippen LogP contribution in [0.3, 0.4) is 0 Å². The summed E-state index contributed by atoms with van der Waals surface area (Å²) in [6.07, 6.45) is 12.5. The van der Waals surface area contributed by atoms with Gasteiger partial charge < -0.3 is 9.88 Å². The molecule has 2 atom stereocenters. The van der Waals surface area contributed by atoms with Gasteiger partial charge in [0.15, 0.2) is 0 Å². The normalized spacial score (nSPS) is 25.1. The highest BCUT2D eigenvalue weighted by atomic mass is 15.0. The number of imidazole rings is 1. The molecule has 3 nitrogen and oxygen atoms in total. The quantitative estimate of drug-likeness (QED) is 0.748. The van der Waals surface area contributed by atoms with E-state index in [4.69, 9.17) is 0 Å². The summed E-state index contributed by atoms with van der Waals surface area (Å²) in [6, 6.07) is 0.785. The molecular formula is C13H23N3. The largest absolute Gasteiger partial charge is 0.337 e. The minimum Gasteiger partial charge on any atom is -0.337 e. The second-order valence-corrected chi connectivity index (χ2v) is 4.81. The smallest absolute Gasteiger partial charge is 0.0945 e. The van der Waals surface area contributed by atoms with Crippen LogP contribution in [0.4, 0.5) is 0 Å². The molecule has 0 amide bonds. The fourth-order valence-corrected chi connectivity index (χ4v) is 2.76. The zero-order valence-electron chi connectivity index (χ0n) is 10.2. The molecule has 1 fully saturated rings. The predicted molar refractivity (Wildman–Crippen MR) is 66.3 cm³/mol. The van der Waals surface area contributed by atoms with Gasteiger partial charge in [0.1, 0.15) is 0 Å². The lowest BCUT2D eigenvalue weighted by Crippen LogP contribution is -2.33. The van der Waals surface area contributed by atoms with Gasteiger partial charge in [-0.25, -0.2) is 4.98 Å². The molecule has 1 aromatic rings. The number of nitrogens with one attached hydrogen (secondary N) is 1. The van der Waals surface area contributed by atoms with Crippen LogP contribution in [-0.2, 0) is 6.54 Å². The van der Waals surface area contributed by atoms with E-state index in [1.807, 2.05) is 18.7 Å². The maximum Gasteiger partial charge on any atom is 0.0945 e. The molecule has 1 saturated carbocycles. The molecule has 3 heteroatoms. The summed E-state index contributed by atoms with van der Waals surface area (Å²) in [5, 5.41) is 3.71. The van der Waals surface area contributed by atoms with E-state index in [-0.39, 0.29) is 0 Å². The zero-order chi connectivity index (χ0) is 11.2. The molecule has 0 aromatic carbocycles. The average molecular weight is 221 g/mol. The van der Waals surface area contributed by atoms with Gasteiger partial charge in [0.05, 0.1) is 6.33 Å². The Bertz CT molecular complexity index is 281. The Kier molecular flexibility index (Phi) is 4.40. The standard InChI is InChI=1S/C13H23N3/c1-2-12-5-3-6-13(12)15-7-4-9-16-10-8-14-11-16/h8,10-13,15H,2-7,9H2,1H3. The minimum absolute atomic E-state index is 0.785. The lowest BCUT2D eigenvalue weighted by Gasteiger charge is -2.19. The summed E-state index contributed by atoms with van der Waals surface area (Å²) >= 11 is 0. The number of hydrogen-bond acceptors (Lipinski definition) is 2. The van der Waals surface area contributed by atoms with Gasteiger partial charge in [-0.05, 0) is 31.7 Å². The molecule has 1 heterocycles. The highest BCUT2D eigenvalue weighted by Gasteiger charge is 2.24. The first kappa shape index (κ1) is 11.6. The van der Waals surface area contributed by atoms with Crippen LogP contribution in [0.15, 0.2) is 18.7 Å². The van der Waals surface area contributed by atoms with Crippen molar-refractivity contribution in [1.29, 1.82) is 0 Å². The number of aryl methyl sites for hydroxylation is 1. The minimum atomic E-state index is 0.785. The monoisotopic (exact) mass is 221 g/mol. The summed E-state index contributed by atoms with van der Waals surface area (Å²) < 4.78 is 2.15. The van der Waals surface area contributed by atoms with Crippen molar-refractivity contribution in [3.05, 3.63) is 18.7 Å². The lowest BCUT2D eigenvalue weighted by molar-refractivity contribution is 0.384. The Hall–Kier alpha value is -0.830. The fraction of sp³-hybridized carbons (Fsp3) is 0.769. The van der Waals surface area contributed by atoms with Gasteiger partial charge in [-0.3, -0.25) is 0 Å². The first-order chi connectivity index (χ1) is 7.90. The van der Waals surface area contributed by atoms with Crippen LogP contribution in [0.1, 0.15) is 39.0 Å². The van der Waals surface area contributed by atoms with Crippen molar-refractivity contribution >= 4 is 0 Å². The van der Waals surface area contributed by atoms with Crippen LogP contribution in [0.25, 0.3) is 0 Å². The Morgan fingerprint density at radius 1 is 1.44 bits per heavy atom. The molecular weight excluding hydrogens is 198 g/mol. The molecule has 1 aliphatic rings. The zero-order valence-corrected chi connectivity index (χ0v) is 10.2. The van der Waals surface area contributed by atoms with Gasteiger partial charge in [0.25, 0.3) is 0 Å². The third kappa shape index (κ3) is 3.08. The number of rotatable bonds is 6. The number of nitrogens with zero attached hydrogens (tertiary/aromatic N) is 2. The fourth-order valence-electron chi connectivity index (χ4n) is 2.76. The van der Waals surface area contributed by atoms with E-state index in [0.717, 1.165) is 25.0 Å². The molecule has 16 heavy (non-hydrogen) atoms. The van der Waals surface area contributed by atoms with E-state index in [1.165, 1.54) is 32.1 Å². The maximum atomic E-state index is 4.05. The Balaban J connectivity index is 1.61. The first-order valence-electron chi connectivity index (χ1n) is 6.59. The summed E-state index contributed by atoms with van der Waals surface area (Å²) in [7, 11) is 0. The van der Waals surface area contributed by atoms with Gasteiger partial charge >= 0.3 is 0 Å². The van der Waals surface area contributed by atoms with Crippen LogP contribution < -0.4 is 5.32 Å². The van der Waals surface area contributed by atoms with Crippen molar-refractivity contribution in [2.45, 2.75) is 51.6 Å². The van der Waals surface area contributed by atoms with Gasteiger partial charge in [-0.2, -0.15) is 0 Å². The second kappa shape index (κ2) is 6.04. The molecule has 1 aliphatic carbocycles. The average Bonchev–Trinajstić information content (AvgIpc) is 2.95. The Morgan fingerprint density at radius 3 is 3.12 bits per heavy atom. The van der Waals surface area contributed by atoms with Crippen LogP contribution in [0.5, 0.6) is 0 Å². The van der Waals surface area contributed by atoms with Crippen LogP contribution in [0.2, 0.25) is 0 Å². The van der Waals surface area contributed by atoms with E-state index in [9.17, 15) is 0 Å². The van der Waals surface area contributed by atoms with Crippen LogP contribution >= 0.6 is 0 Å². The molecule has 2 rings (SSSR count). The van der Waals surface area contributed by atoms with Crippen molar-refractivity contribution in [1.82, 2.24) is 14.9 Å². The van der Waals surface area contributed by atoms with E-state index in [2.05, 4.69) is 21.8 Å². The van der Waals surface area contributed by atoms with Gasteiger partial charge in [0, 0.05) is 25.0 Å². The number of hydrogen-bond donors (Lipinski definition) is 1. The van der Waals surface area contributed by atoms with E-state index in [0.29, 0.717) is 0 Å². The summed E-state index contributed by atoms with van der Waals surface area (Å²) in [5.41, 5.74) is 0. The summed E-state index contributed by atoms with van der Waals surface area (Å²) in [4.78, 5) is 4.05. The van der Waals surface area contributed by atoms with Gasteiger partial charge in [0.2, 0.25) is 0 Å². The van der Waals surface area contributed by atoms with Crippen molar-refractivity contribution < 1.29 is 0 Å². The topological polar surface area (TPSA) is 29.9 Å². The highest BCUT2D eigenvalue weighted by molar-refractivity contribution is 4.82. The highest BCUT2D eigenvalue weighted by Crippen LogP contribution is 2.27. The molecule has 0 spiro atoms. The second-order valence-electron chi connectivity index (χ2n) is 4.81. The Morgan fingerprint density at radius 2 is 2.38 bits per heavy atom. The van der Waals surface area contributed by atoms with Crippen molar-refractivity contribution in [3.8, 4) is 0 Å². The van der Waals surface area contributed by atoms with Crippen molar-refractivity contribution in [2.75, 3.05) is 6.54 Å². The third-order valence-electron chi connectivity index (χ3n) is 3.74. The molecule has 0 radical (unpaired) electrons. The molecule has 0 bridgehead atoms. The summed E-state index contributed by atoms with van der Waals surface area (Å²) in [6.45, 7) is 4.53. The molecule has 2 unspecified atom stereocenters. The van der Waals surface area contributed by atoms with Crippen molar-refractivity contribution in [3.63, 3.8) is 0 Å². The van der Waals surface area contributed by atoms with E-state index < -0.39 is 0 Å². The SMILES string of the molecule is CCC1CCCC1NCCCn1ccnc1. The number of aromatic nitrogens is 2. The first-order valence-corrected chi connectivity index (χ1v) is 6.59. The van der Waals surface area contributed by atoms with Crippen molar-refractivity contribution in [2.24, 2.45) is 5.92 Å². The van der Waals surface area contributed by atoms with Gasteiger partial charge in [-0.1, -0.05) is 19.8 Å². The molecule has 90 valence electrons. The maximum absolute atomic E-state index is 4.05. The van der Waals surface area contributed by atoms with Crippen LogP contribution in [-0.4, -0.2) is 22.1 Å². The van der Waals surface area contributed by atoms with E-state index in [1.54, 1.807) is 0 Å². The Labute approximate surface area is 98.3 Å². The lowest BCUT2D eigenvalue weighted by atomic mass is 10.0. The van der Waals surface area contributed by atoms with Crippen LogP contribution in [0, 0.1) is 5.92 Å². The molecule has 1 aromatic heterocycles. The summed E-state index contributed by atoms with van der Waals surface area (Å²) in [5.74, 6) is 0.924. The molecule has 1 N–H and O–H groups in total.